The largest absolute Gasteiger partial charge is 0.493 e. The van der Waals surface area contributed by atoms with Crippen LogP contribution >= 0.6 is 0 Å². The molecule has 0 unspecified atom stereocenters. The van der Waals surface area contributed by atoms with Gasteiger partial charge in [0, 0.05) is 0 Å². The van der Waals surface area contributed by atoms with Gasteiger partial charge in [-0.25, -0.2) is 0 Å². The number of nitriles is 1. The fraction of sp³-hybridized carbons (Fsp3) is 0.263. The summed E-state index contributed by atoms with van der Waals surface area (Å²) in [5.74, 6) is 1.41. The van der Waals surface area contributed by atoms with Crippen molar-refractivity contribution in [3.05, 3.63) is 47.5 Å². The molecular weight excluding hydrogens is 322 g/mol. The molecule has 0 radical (unpaired) electrons. The summed E-state index contributed by atoms with van der Waals surface area (Å²) in [5.41, 5.74) is 1.48. The normalized spacial score (nSPS) is 9.84. The Morgan fingerprint density at radius 3 is 2.04 bits per heavy atom. The number of hydrogen-bond donors (Lipinski definition) is 0. The second kappa shape index (κ2) is 8.60. The number of methoxy groups -OCH3 is 3. The fourth-order valence-corrected chi connectivity index (χ4v) is 2.32. The molecule has 0 aliphatic heterocycles. The number of carbonyl (C=O) groups excluding carboxylic acids is 1. The van der Waals surface area contributed by atoms with Gasteiger partial charge in [0.1, 0.15) is 0 Å². The van der Waals surface area contributed by atoms with Crippen LogP contribution in [0.4, 0.5) is 0 Å². The van der Waals surface area contributed by atoms with Crippen molar-refractivity contribution in [1.29, 1.82) is 5.26 Å². The predicted octanol–water partition coefficient (Wildman–Crippen LogP) is 2.93. The Labute approximate surface area is 146 Å². The molecule has 0 spiro atoms. The monoisotopic (exact) mass is 341 g/mol. The number of rotatable bonds is 7. The summed E-state index contributed by atoms with van der Waals surface area (Å²) in [6.07, 6.45) is 0.288. The van der Waals surface area contributed by atoms with Crippen molar-refractivity contribution in [2.75, 3.05) is 21.3 Å². The van der Waals surface area contributed by atoms with E-state index >= 15 is 0 Å². The first-order valence-electron chi connectivity index (χ1n) is 7.56. The van der Waals surface area contributed by atoms with E-state index in [-0.39, 0.29) is 12.8 Å². The predicted molar refractivity (Wildman–Crippen MR) is 91.2 cm³/mol. The van der Waals surface area contributed by atoms with E-state index in [9.17, 15) is 4.79 Å². The van der Waals surface area contributed by atoms with Gasteiger partial charge >= 0.3 is 5.97 Å². The summed E-state index contributed by atoms with van der Waals surface area (Å²) >= 11 is 0. The van der Waals surface area contributed by atoms with Gasteiger partial charge in [0.05, 0.1) is 40.2 Å². The molecule has 6 heteroatoms. The Bertz CT molecular complexity index is 795. The van der Waals surface area contributed by atoms with Gasteiger partial charge in [-0.05, 0) is 35.4 Å². The van der Waals surface area contributed by atoms with Crippen molar-refractivity contribution >= 4 is 5.97 Å². The fourth-order valence-electron chi connectivity index (χ4n) is 2.32. The van der Waals surface area contributed by atoms with Crippen molar-refractivity contribution < 1.29 is 23.7 Å². The van der Waals surface area contributed by atoms with Crippen LogP contribution in [-0.4, -0.2) is 27.3 Å². The van der Waals surface area contributed by atoms with Crippen LogP contribution in [0.3, 0.4) is 0 Å². The van der Waals surface area contributed by atoms with Crippen molar-refractivity contribution in [2.45, 2.75) is 12.8 Å². The van der Waals surface area contributed by atoms with Crippen LogP contribution in [0.5, 0.6) is 23.0 Å². The first-order valence-corrected chi connectivity index (χ1v) is 7.56. The van der Waals surface area contributed by atoms with Gasteiger partial charge in [0.2, 0.25) is 0 Å². The number of hydrogen-bond acceptors (Lipinski definition) is 6. The van der Waals surface area contributed by atoms with Gasteiger partial charge in [-0.3, -0.25) is 4.79 Å². The van der Waals surface area contributed by atoms with Crippen LogP contribution in [0.2, 0.25) is 0 Å². The maximum atomic E-state index is 12.3. The Kier molecular flexibility index (Phi) is 6.24. The molecule has 0 N–H and O–H groups in total. The van der Waals surface area contributed by atoms with E-state index in [4.69, 9.17) is 24.2 Å². The van der Waals surface area contributed by atoms with Gasteiger partial charge in [-0.2, -0.15) is 5.26 Å². The van der Waals surface area contributed by atoms with E-state index in [1.807, 2.05) is 0 Å². The molecule has 130 valence electrons. The standard InChI is InChI=1S/C19H19NO5/c1-22-15-7-5-14(11-17(15)24-3)12-19(21)25-18-10-13(8-9-20)4-6-16(18)23-2/h4-7,10-11H,8,12H2,1-3H3. The molecule has 25 heavy (non-hydrogen) atoms. The molecule has 0 heterocycles. The highest BCUT2D eigenvalue weighted by Crippen LogP contribution is 2.30. The second-order valence-electron chi connectivity index (χ2n) is 5.16. The summed E-state index contributed by atoms with van der Waals surface area (Å²) in [6.45, 7) is 0. The molecular formula is C19H19NO5. The molecule has 6 nitrogen and oxygen atoms in total. The number of carbonyl (C=O) groups is 1. The first kappa shape index (κ1) is 18.1. The summed E-state index contributed by atoms with van der Waals surface area (Å²) in [4.78, 5) is 12.3. The van der Waals surface area contributed by atoms with Crippen LogP contribution < -0.4 is 18.9 Å². The van der Waals surface area contributed by atoms with Gasteiger partial charge in [0.15, 0.2) is 23.0 Å². The first-order chi connectivity index (χ1) is 12.1. The number of ether oxygens (including phenoxy) is 4. The van der Waals surface area contributed by atoms with E-state index in [0.717, 1.165) is 11.1 Å². The summed E-state index contributed by atoms with van der Waals surface area (Å²) < 4.78 is 21.0. The second-order valence-corrected chi connectivity index (χ2v) is 5.16. The maximum Gasteiger partial charge on any atom is 0.315 e. The summed E-state index contributed by atoms with van der Waals surface area (Å²) in [7, 11) is 4.57. The van der Waals surface area contributed by atoms with Crippen molar-refractivity contribution in [1.82, 2.24) is 0 Å². The third kappa shape index (κ3) is 4.64. The van der Waals surface area contributed by atoms with E-state index in [2.05, 4.69) is 6.07 Å². The Hall–Kier alpha value is -3.20. The van der Waals surface area contributed by atoms with Crippen LogP contribution in [0.15, 0.2) is 36.4 Å². The quantitative estimate of drug-likeness (QED) is 0.569. The minimum Gasteiger partial charge on any atom is -0.493 e. The van der Waals surface area contributed by atoms with E-state index in [1.54, 1.807) is 43.5 Å². The molecule has 0 amide bonds. The zero-order chi connectivity index (χ0) is 18.2. The zero-order valence-corrected chi connectivity index (χ0v) is 14.4. The molecule has 0 bridgehead atoms. The van der Waals surface area contributed by atoms with Gasteiger partial charge in [-0.15, -0.1) is 0 Å². The smallest absolute Gasteiger partial charge is 0.315 e. The molecule has 0 atom stereocenters. The van der Waals surface area contributed by atoms with Crippen LogP contribution in [0.1, 0.15) is 11.1 Å². The molecule has 2 aromatic rings. The van der Waals surface area contributed by atoms with Crippen molar-refractivity contribution in [2.24, 2.45) is 0 Å². The van der Waals surface area contributed by atoms with Crippen LogP contribution in [0, 0.1) is 11.3 Å². The summed E-state index contributed by atoms with van der Waals surface area (Å²) in [6, 6.07) is 12.3. The molecule has 2 aromatic carbocycles. The van der Waals surface area contributed by atoms with Gasteiger partial charge in [-0.1, -0.05) is 12.1 Å². The maximum absolute atomic E-state index is 12.3. The molecule has 0 fully saturated rings. The molecule has 2 rings (SSSR count). The molecule has 0 aromatic heterocycles. The minimum absolute atomic E-state index is 0.0615. The molecule has 0 saturated heterocycles. The SMILES string of the molecule is COc1ccc(CC(=O)Oc2cc(CC#N)ccc2OC)cc1OC. The highest BCUT2D eigenvalue weighted by molar-refractivity contribution is 5.76. The van der Waals surface area contributed by atoms with Gasteiger partial charge < -0.3 is 18.9 Å². The summed E-state index contributed by atoms with van der Waals surface area (Å²) in [5, 5.41) is 8.79. The highest BCUT2D eigenvalue weighted by atomic mass is 16.6. The van der Waals surface area contributed by atoms with E-state index < -0.39 is 5.97 Å². The lowest BCUT2D eigenvalue weighted by molar-refractivity contribution is -0.133. The Morgan fingerprint density at radius 1 is 0.880 bits per heavy atom. The number of esters is 1. The zero-order valence-electron chi connectivity index (χ0n) is 14.4. The topological polar surface area (TPSA) is 77.8 Å². The van der Waals surface area contributed by atoms with Crippen molar-refractivity contribution in [3.8, 4) is 29.1 Å². The lowest BCUT2D eigenvalue weighted by Gasteiger charge is -2.11. The third-order valence-electron chi connectivity index (χ3n) is 3.53. The van der Waals surface area contributed by atoms with Crippen LogP contribution in [-0.2, 0) is 17.6 Å². The number of benzene rings is 2. The highest BCUT2D eigenvalue weighted by Gasteiger charge is 2.13. The number of nitrogens with zero attached hydrogens (tertiary/aromatic N) is 1. The molecule has 0 aliphatic rings. The van der Waals surface area contributed by atoms with E-state index in [1.165, 1.54) is 14.2 Å². The lowest BCUT2D eigenvalue weighted by atomic mass is 10.1. The Morgan fingerprint density at radius 2 is 1.44 bits per heavy atom. The van der Waals surface area contributed by atoms with Crippen molar-refractivity contribution in [3.63, 3.8) is 0 Å². The molecule has 0 aliphatic carbocycles. The minimum atomic E-state index is -0.445. The third-order valence-corrected chi connectivity index (χ3v) is 3.53. The average molecular weight is 341 g/mol. The average Bonchev–Trinajstić information content (AvgIpc) is 2.62. The lowest BCUT2D eigenvalue weighted by Crippen LogP contribution is -2.12. The van der Waals surface area contributed by atoms with Gasteiger partial charge in [0.25, 0.3) is 0 Å². The van der Waals surface area contributed by atoms with Crippen LogP contribution in [0.25, 0.3) is 0 Å². The molecule has 0 saturated carbocycles. The van der Waals surface area contributed by atoms with E-state index in [0.29, 0.717) is 23.0 Å². The Balaban J connectivity index is 2.15.